The Balaban J connectivity index is 1.78. The van der Waals surface area contributed by atoms with Crippen LogP contribution in [0.4, 0.5) is 0 Å². The van der Waals surface area contributed by atoms with Gasteiger partial charge in [-0.2, -0.15) is 0 Å². The maximum Gasteiger partial charge on any atom is 0.225 e. The summed E-state index contributed by atoms with van der Waals surface area (Å²) in [5, 5.41) is 9.63. The summed E-state index contributed by atoms with van der Waals surface area (Å²) in [6.45, 7) is 11.1. The Morgan fingerprint density at radius 2 is 1.79 bits per heavy atom. The van der Waals surface area contributed by atoms with E-state index in [1.165, 1.54) is 19.3 Å². The Kier molecular flexibility index (Phi) is 8.58. The lowest BCUT2D eigenvalue weighted by Crippen LogP contribution is -2.46. The summed E-state index contributed by atoms with van der Waals surface area (Å²) in [5.41, 5.74) is -0.384. The molecule has 1 aliphatic carbocycles. The first kappa shape index (κ1) is 22.5. The highest BCUT2D eigenvalue weighted by Crippen LogP contribution is 2.26. The Morgan fingerprint density at radius 3 is 2.43 bits per heavy atom. The molecule has 1 unspecified atom stereocenters. The molecule has 7 nitrogen and oxygen atoms in total. The van der Waals surface area contributed by atoms with Gasteiger partial charge in [0.1, 0.15) is 0 Å². The zero-order valence-corrected chi connectivity index (χ0v) is 18.1. The van der Waals surface area contributed by atoms with Crippen LogP contribution in [-0.4, -0.2) is 61.4 Å². The topological polar surface area (TPSA) is 85.8 Å². The SMILES string of the molecule is CCNC(=NCCNC(=O)C(C)(C)C)NC1CCN(C(=O)C2CCCCC2)C1. The molecule has 2 fully saturated rings. The summed E-state index contributed by atoms with van der Waals surface area (Å²) in [6.07, 6.45) is 6.70. The lowest BCUT2D eigenvalue weighted by atomic mass is 9.88. The quantitative estimate of drug-likeness (QED) is 0.365. The van der Waals surface area contributed by atoms with Crippen LogP contribution >= 0.6 is 0 Å². The van der Waals surface area contributed by atoms with E-state index < -0.39 is 0 Å². The summed E-state index contributed by atoms with van der Waals surface area (Å²) in [6, 6.07) is 0.231. The van der Waals surface area contributed by atoms with E-state index in [1.807, 2.05) is 32.6 Å². The second-order valence-electron chi connectivity index (χ2n) is 9.02. The predicted molar refractivity (Wildman–Crippen MR) is 113 cm³/mol. The minimum Gasteiger partial charge on any atom is -0.357 e. The molecule has 0 aromatic heterocycles. The average molecular weight is 394 g/mol. The van der Waals surface area contributed by atoms with Crippen molar-refractivity contribution < 1.29 is 9.59 Å². The van der Waals surface area contributed by atoms with Gasteiger partial charge in [-0.3, -0.25) is 14.6 Å². The minimum absolute atomic E-state index is 0.0355. The van der Waals surface area contributed by atoms with E-state index in [-0.39, 0.29) is 23.3 Å². The van der Waals surface area contributed by atoms with Crippen LogP contribution in [0.1, 0.15) is 66.2 Å². The molecule has 0 aromatic rings. The van der Waals surface area contributed by atoms with Gasteiger partial charge >= 0.3 is 0 Å². The fourth-order valence-corrected chi connectivity index (χ4v) is 3.80. The molecule has 160 valence electrons. The first-order chi connectivity index (χ1) is 13.3. The zero-order valence-electron chi connectivity index (χ0n) is 18.1. The van der Waals surface area contributed by atoms with E-state index in [4.69, 9.17) is 0 Å². The smallest absolute Gasteiger partial charge is 0.225 e. The Morgan fingerprint density at radius 1 is 1.07 bits per heavy atom. The summed E-state index contributed by atoms with van der Waals surface area (Å²) >= 11 is 0. The van der Waals surface area contributed by atoms with Crippen LogP contribution in [0.3, 0.4) is 0 Å². The summed E-state index contributed by atoms with van der Waals surface area (Å²) < 4.78 is 0. The molecule has 1 heterocycles. The number of rotatable bonds is 6. The molecule has 1 aliphatic heterocycles. The highest BCUT2D eigenvalue weighted by atomic mass is 16.2. The second-order valence-corrected chi connectivity index (χ2v) is 9.02. The molecule has 2 rings (SSSR count). The predicted octanol–water partition coefficient (Wildman–Crippen LogP) is 1.89. The lowest BCUT2D eigenvalue weighted by Gasteiger charge is -2.26. The van der Waals surface area contributed by atoms with Crippen LogP contribution < -0.4 is 16.0 Å². The molecule has 2 amide bonds. The Labute approximate surface area is 170 Å². The molecule has 0 spiro atoms. The van der Waals surface area contributed by atoms with Crippen LogP contribution in [0.15, 0.2) is 4.99 Å². The van der Waals surface area contributed by atoms with Gasteiger partial charge in [0.05, 0.1) is 6.54 Å². The van der Waals surface area contributed by atoms with E-state index in [9.17, 15) is 9.59 Å². The van der Waals surface area contributed by atoms with Gasteiger partial charge in [-0.05, 0) is 26.2 Å². The van der Waals surface area contributed by atoms with E-state index in [0.29, 0.717) is 19.0 Å². The molecule has 1 saturated carbocycles. The van der Waals surface area contributed by atoms with Gasteiger partial charge in [-0.25, -0.2) is 0 Å². The fourth-order valence-electron chi connectivity index (χ4n) is 3.80. The third kappa shape index (κ3) is 6.99. The number of guanidine groups is 1. The number of amides is 2. The summed E-state index contributed by atoms with van der Waals surface area (Å²) in [7, 11) is 0. The minimum atomic E-state index is -0.384. The molecular formula is C21H39N5O2. The third-order valence-corrected chi connectivity index (χ3v) is 5.49. The van der Waals surface area contributed by atoms with Gasteiger partial charge in [0.2, 0.25) is 11.8 Å². The van der Waals surface area contributed by atoms with Gasteiger partial charge in [0.15, 0.2) is 5.96 Å². The van der Waals surface area contributed by atoms with E-state index >= 15 is 0 Å². The van der Waals surface area contributed by atoms with Gasteiger partial charge in [-0.1, -0.05) is 40.0 Å². The van der Waals surface area contributed by atoms with Crippen molar-refractivity contribution in [1.29, 1.82) is 0 Å². The van der Waals surface area contributed by atoms with Crippen molar-refractivity contribution in [3.05, 3.63) is 0 Å². The van der Waals surface area contributed by atoms with Gasteiger partial charge in [-0.15, -0.1) is 0 Å². The number of nitrogens with zero attached hydrogens (tertiary/aromatic N) is 2. The Hall–Kier alpha value is -1.79. The second kappa shape index (κ2) is 10.7. The van der Waals surface area contributed by atoms with Crippen LogP contribution in [0.25, 0.3) is 0 Å². The van der Waals surface area contributed by atoms with Crippen molar-refractivity contribution >= 4 is 17.8 Å². The van der Waals surface area contributed by atoms with Crippen molar-refractivity contribution in [3.63, 3.8) is 0 Å². The van der Waals surface area contributed by atoms with Gasteiger partial charge in [0, 0.05) is 43.6 Å². The molecule has 1 atom stereocenters. The maximum absolute atomic E-state index is 12.7. The number of hydrogen-bond donors (Lipinski definition) is 3. The van der Waals surface area contributed by atoms with Crippen molar-refractivity contribution in [2.75, 3.05) is 32.7 Å². The van der Waals surface area contributed by atoms with E-state index in [0.717, 1.165) is 44.9 Å². The molecule has 0 radical (unpaired) electrons. The summed E-state index contributed by atoms with van der Waals surface area (Å²) in [4.78, 5) is 31.2. The van der Waals surface area contributed by atoms with Crippen molar-refractivity contribution in [2.45, 2.75) is 72.3 Å². The number of nitrogens with one attached hydrogen (secondary N) is 3. The first-order valence-corrected chi connectivity index (χ1v) is 10.9. The molecule has 0 aromatic carbocycles. The molecule has 3 N–H and O–H groups in total. The zero-order chi connectivity index (χ0) is 20.6. The maximum atomic E-state index is 12.7. The molecule has 2 aliphatic rings. The van der Waals surface area contributed by atoms with E-state index in [2.05, 4.69) is 20.9 Å². The molecule has 7 heteroatoms. The third-order valence-electron chi connectivity index (χ3n) is 5.49. The van der Waals surface area contributed by atoms with Crippen molar-refractivity contribution in [2.24, 2.45) is 16.3 Å². The van der Waals surface area contributed by atoms with Crippen molar-refractivity contribution in [3.8, 4) is 0 Å². The van der Waals surface area contributed by atoms with Crippen LogP contribution in [-0.2, 0) is 9.59 Å². The standard InChI is InChI=1S/C21H39N5O2/c1-5-22-20(24-13-12-23-19(28)21(2,3)4)25-17-11-14-26(15-17)18(27)16-9-7-6-8-10-16/h16-17H,5-15H2,1-4H3,(H,23,28)(H2,22,24,25). The monoisotopic (exact) mass is 393 g/mol. The lowest BCUT2D eigenvalue weighted by molar-refractivity contribution is -0.135. The van der Waals surface area contributed by atoms with Crippen LogP contribution in [0.2, 0.25) is 0 Å². The fraction of sp³-hybridized carbons (Fsp3) is 0.857. The number of aliphatic imine (C=N–C) groups is 1. The van der Waals surface area contributed by atoms with E-state index in [1.54, 1.807) is 0 Å². The van der Waals surface area contributed by atoms with Gasteiger partial charge in [0.25, 0.3) is 0 Å². The molecule has 28 heavy (non-hydrogen) atoms. The number of hydrogen-bond acceptors (Lipinski definition) is 3. The average Bonchev–Trinajstić information content (AvgIpc) is 3.13. The Bertz CT molecular complexity index is 549. The number of carbonyl (C=O) groups is 2. The molecule has 1 saturated heterocycles. The first-order valence-electron chi connectivity index (χ1n) is 10.9. The normalized spacial score (nSPS) is 21.5. The highest BCUT2D eigenvalue weighted by Gasteiger charge is 2.31. The van der Waals surface area contributed by atoms with Crippen LogP contribution in [0, 0.1) is 11.3 Å². The highest BCUT2D eigenvalue weighted by molar-refractivity contribution is 5.82. The largest absolute Gasteiger partial charge is 0.357 e. The van der Waals surface area contributed by atoms with Gasteiger partial charge < -0.3 is 20.9 Å². The number of likely N-dealkylation sites (tertiary alicyclic amines) is 1. The molecular weight excluding hydrogens is 354 g/mol. The van der Waals surface area contributed by atoms with Crippen LogP contribution in [0.5, 0.6) is 0 Å². The number of carbonyl (C=O) groups excluding carboxylic acids is 2. The van der Waals surface area contributed by atoms with Crippen molar-refractivity contribution in [1.82, 2.24) is 20.9 Å². The molecule has 0 bridgehead atoms. The summed E-state index contributed by atoms with van der Waals surface area (Å²) in [5.74, 6) is 1.37.